The molecule has 2 aromatic carbocycles. The molecule has 27 heavy (non-hydrogen) atoms. The van der Waals surface area contributed by atoms with Gasteiger partial charge in [0.15, 0.2) is 0 Å². The van der Waals surface area contributed by atoms with Crippen molar-refractivity contribution in [2.45, 2.75) is 19.8 Å². The molecular formula is C21H22N2O3S. The summed E-state index contributed by atoms with van der Waals surface area (Å²) in [5, 5.41) is 2.82. The van der Waals surface area contributed by atoms with E-state index in [1.54, 1.807) is 13.2 Å². The maximum atomic E-state index is 12.6. The van der Waals surface area contributed by atoms with Crippen LogP contribution < -0.4 is 10.1 Å². The van der Waals surface area contributed by atoms with Crippen molar-refractivity contribution in [3.8, 4) is 5.75 Å². The van der Waals surface area contributed by atoms with Crippen LogP contribution in [0.1, 0.15) is 30.9 Å². The Morgan fingerprint density at radius 3 is 2.33 bits per heavy atom. The lowest BCUT2D eigenvalue weighted by atomic mass is 10.0. The number of hydrogen-bond acceptors (Lipinski definition) is 5. The zero-order valence-electron chi connectivity index (χ0n) is 15.6. The second kappa shape index (κ2) is 8.31. The van der Waals surface area contributed by atoms with Gasteiger partial charge in [0.05, 0.1) is 18.7 Å². The topological polar surface area (TPSA) is 58.6 Å². The molecule has 0 bridgehead atoms. The first-order valence-corrected chi connectivity index (χ1v) is 9.53. The van der Waals surface area contributed by atoms with E-state index in [0.29, 0.717) is 10.8 Å². The quantitative estimate of drug-likeness (QED) is 0.718. The van der Waals surface area contributed by atoms with Gasteiger partial charge < -0.3 is 10.1 Å². The van der Waals surface area contributed by atoms with Gasteiger partial charge in [0.1, 0.15) is 5.75 Å². The number of benzene rings is 2. The first-order chi connectivity index (χ1) is 13.0. The Labute approximate surface area is 163 Å². The molecule has 3 rings (SSSR count). The van der Waals surface area contributed by atoms with E-state index in [4.69, 9.17) is 4.74 Å². The van der Waals surface area contributed by atoms with Gasteiger partial charge in [0.25, 0.3) is 11.1 Å². The van der Waals surface area contributed by atoms with Crippen molar-refractivity contribution in [1.82, 2.24) is 4.90 Å². The van der Waals surface area contributed by atoms with Crippen LogP contribution in [0.15, 0.2) is 53.4 Å². The average Bonchev–Trinajstić information content (AvgIpc) is 2.94. The lowest BCUT2D eigenvalue weighted by molar-refractivity contribution is -0.122. The van der Waals surface area contributed by atoms with Gasteiger partial charge in [0.2, 0.25) is 0 Å². The summed E-state index contributed by atoms with van der Waals surface area (Å²) in [6.07, 6.45) is 1.77. The number of rotatable bonds is 6. The maximum absolute atomic E-state index is 12.6. The third kappa shape index (κ3) is 4.52. The molecule has 0 saturated carbocycles. The average molecular weight is 382 g/mol. The Morgan fingerprint density at radius 2 is 1.74 bits per heavy atom. The van der Waals surface area contributed by atoms with Gasteiger partial charge in [-0.25, -0.2) is 0 Å². The van der Waals surface area contributed by atoms with Crippen LogP contribution in [0.2, 0.25) is 0 Å². The summed E-state index contributed by atoms with van der Waals surface area (Å²) in [5.74, 6) is 0.923. The molecule has 0 atom stereocenters. The highest BCUT2D eigenvalue weighted by atomic mass is 32.2. The lowest BCUT2D eigenvalue weighted by Gasteiger charge is -2.14. The fraction of sp³-hybridized carbons (Fsp3) is 0.238. The first kappa shape index (κ1) is 19.0. The van der Waals surface area contributed by atoms with Gasteiger partial charge >= 0.3 is 0 Å². The molecule has 2 amide bonds. The second-order valence-electron chi connectivity index (χ2n) is 6.49. The number of hydrogen-bond donors (Lipinski definition) is 1. The molecular weight excluding hydrogens is 360 g/mol. The van der Waals surface area contributed by atoms with Gasteiger partial charge in [-0.15, -0.1) is 0 Å². The van der Waals surface area contributed by atoms with Crippen molar-refractivity contribution in [1.29, 1.82) is 0 Å². The van der Waals surface area contributed by atoms with Gasteiger partial charge in [0, 0.05) is 5.69 Å². The van der Waals surface area contributed by atoms with Crippen molar-refractivity contribution >= 4 is 34.7 Å². The Balaban J connectivity index is 1.66. The van der Waals surface area contributed by atoms with Gasteiger partial charge in [-0.3, -0.25) is 14.5 Å². The zero-order valence-corrected chi connectivity index (χ0v) is 16.4. The molecule has 2 aromatic rings. The standard InChI is InChI=1S/C21H22N2O3S/c1-14(2)16-6-4-15(5-7-16)12-19-20(24)23(21(25)27-19)13-22-17-8-10-18(26-3)11-9-17/h4-12,14,22H,13H2,1-3H3/b19-12+. The van der Waals surface area contributed by atoms with Crippen LogP contribution in [-0.2, 0) is 4.79 Å². The molecule has 5 nitrogen and oxygen atoms in total. The minimum atomic E-state index is -0.279. The number of methoxy groups -OCH3 is 1. The highest BCUT2D eigenvalue weighted by molar-refractivity contribution is 8.18. The van der Waals surface area contributed by atoms with Crippen molar-refractivity contribution in [3.05, 3.63) is 64.6 Å². The predicted octanol–water partition coefficient (Wildman–Crippen LogP) is 4.92. The molecule has 140 valence electrons. The largest absolute Gasteiger partial charge is 0.497 e. The fourth-order valence-electron chi connectivity index (χ4n) is 2.64. The molecule has 6 heteroatoms. The summed E-state index contributed by atoms with van der Waals surface area (Å²) >= 11 is 0.967. The first-order valence-electron chi connectivity index (χ1n) is 8.71. The maximum Gasteiger partial charge on any atom is 0.295 e. The van der Waals surface area contributed by atoms with E-state index in [-0.39, 0.29) is 17.8 Å². The molecule has 0 aliphatic carbocycles. The minimum Gasteiger partial charge on any atom is -0.497 e. The lowest BCUT2D eigenvalue weighted by Crippen LogP contribution is -2.33. The molecule has 1 fully saturated rings. The van der Waals surface area contributed by atoms with Crippen LogP contribution in [0.25, 0.3) is 6.08 Å². The number of anilines is 1. The molecule has 1 aliphatic rings. The smallest absolute Gasteiger partial charge is 0.295 e. The predicted molar refractivity (Wildman–Crippen MR) is 110 cm³/mol. The number of imide groups is 1. The van der Waals surface area contributed by atoms with Gasteiger partial charge in [-0.05, 0) is 59.1 Å². The molecule has 1 N–H and O–H groups in total. The van der Waals surface area contributed by atoms with Crippen molar-refractivity contribution in [2.24, 2.45) is 0 Å². The van der Waals surface area contributed by atoms with Crippen LogP contribution >= 0.6 is 11.8 Å². The van der Waals surface area contributed by atoms with Crippen molar-refractivity contribution in [3.63, 3.8) is 0 Å². The van der Waals surface area contributed by atoms with E-state index in [9.17, 15) is 9.59 Å². The number of nitrogens with zero attached hydrogens (tertiary/aromatic N) is 1. The normalized spacial score (nSPS) is 15.7. The molecule has 1 aliphatic heterocycles. The van der Waals surface area contributed by atoms with E-state index >= 15 is 0 Å². The minimum absolute atomic E-state index is 0.126. The van der Waals surface area contributed by atoms with E-state index in [0.717, 1.165) is 28.8 Å². The van der Waals surface area contributed by atoms with Gasteiger partial charge in [-0.1, -0.05) is 38.1 Å². The number of carbonyl (C=O) groups excluding carboxylic acids is 2. The van der Waals surface area contributed by atoms with Crippen LogP contribution in [-0.4, -0.2) is 29.8 Å². The van der Waals surface area contributed by atoms with Crippen molar-refractivity contribution < 1.29 is 14.3 Å². The van der Waals surface area contributed by atoms with Crippen LogP contribution in [0.4, 0.5) is 10.5 Å². The Bertz CT molecular complexity index is 858. The third-order valence-electron chi connectivity index (χ3n) is 4.31. The van der Waals surface area contributed by atoms with Gasteiger partial charge in [-0.2, -0.15) is 0 Å². The molecule has 1 heterocycles. The number of amides is 2. The number of thioether (sulfide) groups is 1. The highest BCUT2D eigenvalue weighted by Crippen LogP contribution is 2.32. The van der Waals surface area contributed by atoms with Crippen molar-refractivity contribution in [2.75, 3.05) is 19.1 Å². The van der Waals surface area contributed by atoms with Crippen LogP contribution in [0, 0.1) is 0 Å². The van der Waals surface area contributed by atoms with E-state index in [1.807, 2.05) is 48.5 Å². The molecule has 0 spiro atoms. The van der Waals surface area contributed by atoms with E-state index < -0.39 is 0 Å². The zero-order chi connectivity index (χ0) is 19.4. The Hall–Kier alpha value is -2.73. The fourth-order valence-corrected chi connectivity index (χ4v) is 3.48. The third-order valence-corrected chi connectivity index (χ3v) is 5.21. The Kier molecular flexibility index (Phi) is 5.86. The summed E-state index contributed by atoms with van der Waals surface area (Å²) in [6.45, 7) is 4.40. The summed E-state index contributed by atoms with van der Waals surface area (Å²) in [5.41, 5.74) is 2.96. The SMILES string of the molecule is COc1ccc(NCN2C(=O)S/C(=C/c3ccc(C(C)C)cc3)C2=O)cc1. The van der Waals surface area contributed by atoms with Crippen LogP contribution in [0.5, 0.6) is 5.75 Å². The number of carbonyl (C=O) groups is 2. The van der Waals surface area contributed by atoms with E-state index in [1.165, 1.54) is 10.5 Å². The van der Waals surface area contributed by atoms with Crippen LogP contribution in [0.3, 0.4) is 0 Å². The summed E-state index contributed by atoms with van der Waals surface area (Å²) in [4.78, 5) is 26.4. The molecule has 1 saturated heterocycles. The Morgan fingerprint density at radius 1 is 1.07 bits per heavy atom. The summed E-state index contributed by atoms with van der Waals surface area (Å²) in [7, 11) is 1.60. The number of ether oxygens (including phenoxy) is 1. The second-order valence-corrected chi connectivity index (χ2v) is 7.49. The number of nitrogens with one attached hydrogen (secondary N) is 1. The highest BCUT2D eigenvalue weighted by Gasteiger charge is 2.34. The molecule has 0 unspecified atom stereocenters. The summed E-state index contributed by atoms with van der Waals surface area (Å²) < 4.78 is 5.11. The summed E-state index contributed by atoms with van der Waals surface area (Å²) in [6, 6.07) is 15.3. The monoisotopic (exact) mass is 382 g/mol. The molecule has 0 radical (unpaired) electrons. The van der Waals surface area contributed by atoms with E-state index in [2.05, 4.69) is 19.2 Å². The molecule has 0 aromatic heterocycles.